The third-order valence-electron chi connectivity index (χ3n) is 4.72. The molecular weight excluding hydrogens is 314 g/mol. The van der Waals surface area contributed by atoms with Crippen LogP contribution >= 0.6 is 0 Å². The van der Waals surface area contributed by atoms with Crippen molar-refractivity contribution in [2.24, 2.45) is 0 Å². The van der Waals surface area contributed by atoms with Crippen LogP contribution in [0.1, 0.15) is 41.0 Å². The Morgan fingerprint density at radius 3 is 2.76 bits per heavy atom. The average molecular weight is 339 g/mol. The molecule has 0 fully saturated rings. The van der Waals surface area contributed by atoms with E-state index in [1.807, 2.05) is 24.3 Å². The van der Waals surface area contributed by atoms with Crippen molar-refractivity contribution in [2.45, 2.75) is 31.8 Å². The Morgan fingerprint density at radius 1 is 1.20 bits per heavy atom. The summed E-state index contributed by atoms with van der Waals surface area (Å²) in [6, 6.07) is 14.2. The summed E-state index contributed by atoms with van der Waals surface area (Å²) < 4.78 is 6.03. The maximum Gasteiger partial charge on any atom is 0.307 e. The van der Waals surface area contributed by atoms with Crippen molar-refractivity contribution < 1.29 is 14.6 Å². The van der Waals surface area contributed by atoms with E-state index in [-0.39, 0.29) is 12.3 Å². The van der Waals surface area contributed by atoms with Crippen LogP contribution in [0.25, 0.3) is 0 Å². The van der Waals surface area contributed by atoms with Crippen LogP contribution in [-0.4, -0.2) is 36.6 Å². The van der Waals surface area contributed by atoms with Gasteiger partial charge in [0.25, 0.3) is 0 Å². The lowest BCUT2D eigenvalue weighted by molar-refractivity contribution is -0.136. The summed E-state index contributed by atoms with van der Waals surface area (Å²) in [5.41, 5.74) is 4.45. The van der Waals surface area contributed by atoms with Gasteiger partial charge in [0.15, 0.2) is 0 Å². The summed E-state index contributed by atoms with van der Waals surface area (Å²) in [7, 11) is 4.17. The Labute approximate surface area is 149 Å². The molecule has 0 saturated heterocycles. The number of ether oxygens (including phenoxy) is 1. The van der Waals surface area contributed by atoms with Crippen molar-refractivity contribution in [1.82, 2.24) is 4.90 Å². The number of benzene rings is 2. The molecular formula is C21H25NO3. The molecule has 4 nitrogen and oxygen atoms in total. The summed E-state index contributed by atoms with van der Waals surface area (Å²) in [5.74, 6) is 0.307. The maximum atomic E-state index is 11.1. The van der Waals surface area contributed by atoms with E-state index in [0.29, 0.717) is 6.61 Å². The minimum absolute atomic E-state index is 0.0410. The second-order valence-corrected chi connectivity index (χ2v) is 6.93. The molecule has 0 radical (unpaired) electrons. The lowest BCUT2D eigenvalue weighted by Crippen LogP contribution is -2.14. The van der Waals surface area contributed by atoms with Crippen LogP contribution in [0.4, 0.5) is 0 Å². The normalized spacial score (nSPS) is 15.9. The molecule has 2 aromatic carbocycles. The number of carbonyl (C=O) groups is 1. The van der Waals surface area contributed by atoms with Gasteiger partial charge in [-0.3, -0.25) is 4.79 Å². The summed E-state index contributed by atoms with van der Waals surface area (Å²) in [5, 5.41) is 9.12. The zero-order valence-corrected chi connectivity index (χ0v) is 14.9. The number of hydrogen-bond donors (Lipinski definition) is 1. The van der Waals surface area contributed by atoms with Crippen molar-refractivity contribution in [3.05, 3.63) is 64.7 Å². The molecule has 0 bridgehead atoms. The Kier molecular flexibility index (Phi) is 5.39. The quantitative estimate of drug-likeness (QED) is 0.872. The third-order valence-corrected chi connectivity index (χ3v) is 4.72. The van der Waals surface area contributed by atoms with E-state index < -0.39 is 5.97 Å². The summed E-state index contributed by atoms with van der Waals surface area (Å²) in [4.78, 5) is 13.3. The number of carboxylic acid groups (broad SMARTS) is 1. The van der Waals surface area contributed by atoms with Gasteiger partial charge in [0.2, 0.25) is 0 Å². The molecule has 4 heteroatoms. The second kappa shape index (κ2) is 7.70. The topological polar surface area (TPSA) is 49.8 Å². The summed E-state index contributed by atoms with van der Waals surface area (Å²) >= 11 is 0. The zero-order valence-electron chi connectivity index (χ0n) is 14.9. The van der Waals surface area contributed by atoms with Crippen molar-refractivity contribution >= 4 is 5.97 Å². The van der Waals surface area contributed by atoms with Gasteiger partial charge in [-0.05, 0) is 56.2 Å². The van der Waals surface area contributed by atoms with E-state index in [4.69, 9.17) is 9.84 Å². The lowest BCUT2D eigenvalue weighted by Gasteiger charge is -2.21. The van der Waals surface area contributed by atoms with Gasteiger partial charge in [0.05, 0.1) is 6.42 Å². The second-order valence-electron chi connectivity index (χ2n) is 6.93. The first-order chi connectivity index (χ1) is 12.0. The van der Waals surface area contributed by atoms with Gasteiger partial charge >= 0.3 is 5.97 Å². The largest absolute Gasteiger partial charge is 0.489 e. The van der Waals surface area contributed by atoms with Crippen LogP contribution in [-0.2, 0) is 17.8 Å². The van der Waals surface area contributed by atoms with Crippen LogP contribution in [0.15, 0.2) is 42.5 Å². The van der Waals surface area contributed by atoms with E-state index in [2.05, 4.69) is 37.2 Å². The summed E-state index contributed by atoms with van der Waals surface area (Å²) in [6.45, 7) is 1.59. The predicted octanol–water partition coefficient (Wildman–Crippen LogP) is 3.68. The Hall–Kier alpha value is -2.33. The molecule has 0 amide bonds. The fourth-order valence-corrected chi connectivity index (χ4v) is 3.54. The number of aliphatic carboxylic acids is 1. The number of hydrogen-bond acceptors (Lipinski definition) is 3. The molecule has 1 heterocycles. The van der Waals surface area contributed by atoms with Crippen LogP contribution in [0.2, 0.25) is 0 Å². The van der Waals surface area contributed by atoms with Crippen LogP contribution in [0.3, 0.4) is 0 Å². The number of nitrogens with zero attached hydrogens (tertiary/aromatic N) is 1. The van der Waals surface area contributed by atoms with E-state index in [0.717, 1.165) is 36.3 Å². The highest BCUT2D eigenvalue weighted by Gasteiger charge is 2.24. The first-order valence-electron chi connectivity index (χ1n) is 8.74. The standard InChI is InChI=1S/C21H25NO3/c1-22(2)11-5-8-18-17-7-4-3-6-16(17)14-25-20-10-9-15(12-19(18)20)13-21(23)24/h3-4,6-7,9-10,12,18H,5,8,11,13-14H2,1-2H3,(H,23,24). The van der Waals surface area contributed by atoms with E-state index in [1.165, 1.54) is 11.1 Å². The molecule has 25 heavy (non-hydrogen) atoms. The number of rotatable bonds is 6. The van der Waals surface area contributed by atoms with Gasteiger partial charge in [0, 0.05) is 11.5 Å². The minimum Gasteiger partial charge on any atom is -0.489 e. The molecule has 1 aliphatic heterocycles. The molecule has 0 aliphatic carbocycles. The van der Waals surface area contributed by atoms with Crippen LogP contribution in [0.5, 0.6) is 5.75 Å². The minimum atomic E-state index is -0.806. The molecule has 1 unspecified atom stereocenters. The zero-order chi connectivity index (χ0) is 17.8. The van der Waals surface area contributed by atoms with Crippen LogP contribution < -0.4 is 4.74 Å². The highest BCUT2D eigenvalue weighted by molar-refractivity contribution is 5.70. The van der Waals surface area contributed by atoms with Crippen molar-refractivity contribution in [2.75, 3.05) is 20.6 Å². The molecule has 132 valence electrons. The van der Waals surface area contributed by atoms with Crippen molar-refractivity contribution in [1.29, 1.82) is 0 Å². The molecule has 2 aromatic rings. The van der Waals surface area contributed by atoms with Gasteiger partial charge in [0.1, 0.15) is 12.4 Å². The fraction of sp³-hybridized carbons (Fsp3) is 0.381. The van der Waals surface area contributed by atoms with Gasteiger partial charge < -0.3 is 14.7 Å². The highest BCUT2D eigenvalue weighted by atomic mass is 16.5. The van der Waals surface area contributed by atoms with Crippen molar-refractivity contribution in [3.63, 3.8) is 0 Å². The summed E-state index contributed by atoms with van der Waals surface area (Å²) in [6.07, 6.45) is 2.13. The highest BCUT2D eigenvalue weighted by Crippen LogP contribution is 2.40. The molecule has 0 saturated carbocycles. The lowest BCUT2D eigenvalue weighted by atomic mass is 9.84. The predicted molar refractivity (Wildman–Crippen MR) is 98.2 cm³/mol. The number of fused-ring (bicyclic) bond motifs is 2. The fourth-order valence-electron chi connectivity index (χ4n) is 3.54. The third kappa shape index (κ3) is 4.20. The SMILES string of the molecule is CN(C)CCCC1c2ccccc2COc2ccc(CC(=O)O)cc21. The Morgan fingerprint density at radius 2 is 2.00 bits per heavy atom. The molecule has 3 rings (SSSR count). The van der Waals surface area contributed by atoms with Gasteiger partial charge in [-0.15, -0.1) is 0 Å². The molecule has 0 aromatic heterocycles. The monoisotopic (exact) mass is 339 g/mol. The molecule has 1 aliphatic rings. The van der Waals surface area contributed by atoms with E-state index >= 15 is 0 Å². The molecule has 1 N–H and O–H groups in total. The average Bonchev–Trinajstić information content (AvgIpc) is 2.72. The molecule has 0 spiro atoms. The first-order valence-corrected chi connectivity index (χ1v) is 8.74. The van der Waals surface area contributed by atoms with Gasteiger partial charge in [-0.25, -0.2) is 0 Å². The van der Waals surface area contributed by atoms with Crippen molar-refractivity contribution in [3.8, 4) is 5.75 Å². The Bertz CT molecular complexity index is 755. The van der Waals surface area contributed by atoms with Crippen LogP contribution in [0, 0.1) is 0 Å². The first kappa shape index (κ1) is 17.5. The number of carboxylic acids is 1. The van der Waals surface area contributed by atoms with E-state index in [9.17, 15) is 4.79 Å². The van der Waals surface area contributed by atoms with Gasteiger partial charge in [-0.2, -0.15) is 0 Å². The Balaban J connectivity index is 1.99. The van der Waals surface area contributed by atoms with Gasteiger partial charge in [-0.1, -0.05) is 36.4 Å². The maximum absolute atomic E-state index is 11.1. The molecule has 1 atom stereocenters. The smallest absolute Gasteiger partial charge is 0.307 e. The van der Waals surface area contributed by atoms with E-state index in [1.54, 1.807) is 0 Å².